The number of rotatable bonds is 4. The number of benzene rings is 1. The smallest absolute Gasteiger partial charge is 0.175 e. The van der Waals surface area contributed by atoms with Gasteiger partial charge in [-0.1, -0.05) is 31.4 Å². The molecule has 1 aliphatic rings. The van der Waals surface area contributed by atoms with E-state index in [2.05, 4.69) is 6.92 Å². The Bertz CT molecular complexity index is 470. The maximum Gasteiger partial charge on any atom is 0.175 e. The first-order valence-electron chi connectivity index (χ1n) is 6.72. The number of carbonyl (C=O) groups is 1. The zero-order valence-corrected chi connectivity index (χ0v) is 12.7. The Morgan fingerprint density at radius 3 is 2.63 bits per heavy atom. The summed E-state index contributed by atoms with van der Waals surface area (Å²) in [5.41, 5.74) is 0.599. The van der Waals surface area contributed by atoms with Gasteiger partial charge < -0.3 is 0 Å². The van der Waals surface area contributed by atoms with E-state index in [0.29, 0.717) is 16.5 Å². The average Bonchev–Trinajstić information content (AvgIpc) is 2.39. The van der Waals surface area contributed by atoms with Crippen LogP contribution >= 0.6 is 11.6 Å². The van der Waals surface area contributed by atoms with Gasteiger partial charge in [-0.05, 0) is 43.0 Å². The molecule has 2 nitrogen and oxygen atoms in total. The van der Waals surface area contributed by atoms with Crippen molar-refractivity contribution in [3.8, 4) is 0 Å². The molecule has 3 unspecified atom stereocenters. The van der Waals surface area contributed by atoms with Crippen LogP contribution in [-0.2, 0) is 10.8 Å². The Morgan fingerprint density at radius 1 is 1.32 bits per heavy atom. The molecule has 0 aliphatic heterocycles. The molecule has 0 bridgehead atoms. The summed E-state index contributed by atoms with van der Waals surface area (Å²) in [5.74, 6) is 0.723. The van der Waals surface area contributed by atoms with E-state index in [4.69, 9.17) is 11.6 Å². The summed E-state index contributed by atoms with van der Waals surface area (Å²) in [6.07, 6.45) is 4.33. The second-order valence-corrected chi connectivity index (χ2v) is 7.50. The first kappa shape index (κ1) is 14.7. The molecule has 0 aromatic heterocycles. The zero-order chi connectivity index (χ0) is 13.8. The van der Waals surface area contributed by atoms with E-state index in [9.17, 15) is 9.00 Å². The summed E-state index contributed by atoms with van der Waals surface area (Å²) in [4.78, 5) is 12.1. The summed E-state index contributed by atoms with van der Waals surface area (Å²) in [5, 5.41) is 0.804. The molecule has 0 N–H and O–H groups in total. The molecule has 2 rings (SSSR count). The molecular weight excluding hydrogens is 280 g/mol. The van der Waals surface area contributed by atoms with Gasteiger partial charge in [-0.2, -0.15) is 0 Å². The molecule has 104 valence electrons. The predicted molar refractivity (Wildman–Crippen MR) is 80.2 cm³/mol. The third kappa shape index (κ3) is 4.15. The molecule has 1 aromatic rings. The highest BCUT2D eigenvalue weighted by Gasteiger charge is 2.25. The normalized spacial score (nSPS) is 24.9. The lowest BCUT2D eigenvalue weighted by Gasteiger charge is -2.25. The lowest BCUT2D eigenvalue weighted by molar-refractivity contribution is 0.102. The van der Waals surface area contributed by atoms with Crippen LogP contribution in [-0.4, -0.2) is 21.0 Å². The largest absolute Gasteiger partial charge is 0.293 e. The van der Waals surface area contributed by atoms with Crippen LogP contribution in [0.2, 0.25) is 5.02 Å². The van der Waals surface area contributed by atoms with Crippen molar-refractivity contribution in [1.82, 2.24) is 0 Å². The number of ketones is 1. The van der Waals surface area contributed by atoms with E-state index in [1.807, 2.05) is 0 Å². The molecule has 19 heavy (non-hydrogen) atoms. The maximum absolute atomic E-state index is 12.3. The molecule has 1 aliphatic carbocycles. The second-order valence-electron chi connectivity index (χ2n) is 5.35. The van der Waals surface area contributed by atoms with Gasteiger partial charge >= 0.3 is 0 Å². The molecular formula is C15H19ClO2S. The van der Waals surface area contributed by atoms with Crippen LogP contribution in [0.1, 0.15) is 43.0 Å². The molecule has 4 heteroatoms. The van der Waals surface area contributed by atoms with Gasteiger partial charge in [0.25, 0.3) is 0 Å². The number of halogens is 1. The van der Waals surface area contributed by atoms with E-state index < -0.39 is 10.8 Å². The third-order valence-corrected chi connectivity index (χ3v) is 5.67. The second kappa shape index (κ2) is 6.67. The van der Waals surface area contributed by atoms with Crippen LogP contribution in [0.15, 0.2) is 24.3 Å². The van der Waals surface area contributed by atoms with Crippen LogP contribution in [0.25, 0.3) is 0 Å². The van der Waals surface area contributed by atoms with Crippen molar-refractivity contribution >= 4 is 28.2 Å². The molecule has 0 heterocycles. The van der Waals surface area contributed by atoms with Crippen molar-refractivity contribution in [3.05, 3.63) is 34.9 Å². The summed E-state index contributed by atoms with van der Waals surface area (Å²) < 4.78 is 12.3. The van der Waals surface area contributed by atoms with Crippen molar-refractivity contribution in [1.29, 1.82) is 0 Å². The fourth-order valence-corrected chi connectivity index (χ4v) is 4.34. The van der Waals surface area contributed by atoms with Crippen molar-refractivity contribution in [2.45, 2.75) is 37.9 Å². The van der Waals surface area contributed by atoms with Gasteiger partial charge in [0.2, 0.25) is 0 Å². The summed E-state index contributed by atoms with van der Waals surface area (Å²) in [7, 11) is -1.05. The molecule has 0 radical (unpaired) electrons. The summed E-state index contributed by atoms with van der Waals surface area (Å²) in [6, 6.07) is 6.79. The highest BCUT2D eigenvalue weighted by molar-refractivity contribution is 7.86. The van der Waals surface area contributed by atoms with Gasteiger partial charge in [-0.25, -0.2) is 0 Å². The number of Topliss-reactive ketones (excluding diaryl/α,β-unsaturated/α-hetero) is 1. The lowest BCUT2D eigenvalue weighted by Crippen LogP contribution is -2.27. The number of hydrogen-bond acceptors (Lipinski definition) is 2. The van der Waals surface area contributed by atoms with Crippen LogP contribution in [0.3, 0.4) is 0 Å². The highest BCUT2D eigenvalue weighted by atomic mass is 35.5. The van der Waals surface area contributed by atoms with Gasteiger partial charge in [0.1, 0.15) is 0 Å². The molecule has 3 atom stereocenters. The van der Waals surface area contributed by atoms with Crippen LogP contribution in [0, 0.1) is 5.92 Å². The number of carbonyl (C=O) groups excluding carboxylic acids is 1. The first-order chi connectivity index (χ1) is 9.06. The Hall–Kier alpha value is -0.670. The fraction of sp³-hybridized carbons (Fsp3) is 0.533. The van der Waals surface area contributed by atoms with Gasteiger partial charge in [-0.15, -0.1) is 0 Å². The summed E-state index contributed by atoms with van der Waals surface area (Å²) in [6.45, 7) is 2.20. The van der Waals surface area contributed by atoms with Gasteiger partial charge in [0.15, 0.2) is 5.78 Å². The molecule has 1 aromatic carbocycles. The lowest BCUT2D eigenvalue weighted by atomic mass is 9.91. The van der Waals surface area contributed by atoms with Crippen molar-refractivity contribution in [3.63, 3.8) is 0 Å². The Balaban J connectivity index is 1.94. The molecule has 1 fully saturated rings. The quantitative estimate of drug-likeness (QED) is 0.791. The van der Waals surface area contributed by atoms with E-state index in [-0.39, 0.29) is 16.8 Å². The van der Waals surface area contributed by atoms with Crippen molar-refractivity contribution in [2.75, 3.05) is 5.75 Å². The van der Waals surface area contributed by atoms with Gasteiger partial charge in [0, 0.05) is 26.6 Å². The summed E-state index contributed by atoms with van der Waals surface area (Å²) >= 11 is 5.79. The van der Waals surface area contributed by atoms with Crippen molar-refractivity contribution < 1.29 is 9.00 Å². The fourth-order valence-electron chi connectivity index (χ4n) is 2.58. The zero-order valence-electron chi connectivity index (χ0n) is 11.1. The maximum atomic E-state index is 12.3. The van der Waals surface area contributed by atoms with Gasteiger partial charge in [-0.3, -0.25) is 9.00 Å². The van der Waals surface area contributed by atoms with Crippen LogP contribution in [0.5, 0.6) is 0 Å². The standard InChI is InChI=1S/C15H19ClO2S/c1-11-3-2-4-14(9-11)19(18)10-15(17)12-5-7-13(16)8-6-12/h5-8,11,14H,2-4,9-10H2,1H3. The average molecular weight is 299 g/mol. The van der Waals surface area contributed by atoms with E-state index in [1.54, 1.807) is 24.3 Å². The Kier molecular flexibility index (Phi) is 5.17. The molecule has 0 saturated heterocycles. The topological polar surface area (TPSA) is 34.1 Å². The highest BCUT2D eigenvalue weighted by Crippen LogP contribution is 2.27. The number of hydrogen-bond donors (Lipinski definition) is 0. The van der Waals surface area contributed by atoms with E-state index in [0.717, 1.165) is 19.3 Å². The minimum atomic E-state index is -1.05. The predicted octanol–water partition coefficient (Wildman–Crippen LogP) is 3.85. The molecule has 1 saturated carbocycles. The Labute approximate surface area is 122 Å². The van der Waals surface area contributed by atoms with Crippen molar-refractivity contribution in [2.24, 2.45) is 5.92 Å². The first-order valence-corrected chi connectivity index (χ1v) is 8.48. The minimum Gasteiger partial charge on any atom is -0.293 e. The van der Waals surface area contributed by atoms with E-state index >= 15 is 0 Å². The van der Waals surface area contributed by atoms with E-state index in [1.165, 1.54) is 6.42 Å². The SMILES string of the molecule is CC1CCCC(S(=O)CC(=O)c2ccc(Cl)cc2)C1. The third-order valence-electron chi connectivity index (χ3n) is 3.70. The monoisotopic (exact) mass is 298 g/mol. The Morgan fingerprint density at radius 2 is 2.00 bits per heavy atom. The molecule has 0 spiro atoms. The minimum absolute atomic E-state index is 0.0479. The molecule has 0 amide bonds. The van der Waals surface area contributed by atoms with Gasteiger partial charge in [0.05, 0.1) is 5.75 Å². The van der Waals surface area contributed by atoms with Crippen LogP contribution in [0.4, 0.5) is 0 Å². The van der Waals surface area contributed by atoms with Crippen LogP contribution < -0.4 is 0 Å².